The molecule has 0 radical (unpaired) electrons. The summed E-state index contributed by atoms with van der Waals surface area (Å²) in [5.74, 6) is -0.123. The molecule has 0 saturated carbocycles. The van der Waals surface area contributed by atoms with E-state index in [0.29, 0.717) is 23.7 Å². The summed E-state index contributed by atoms with van der Waals surface area (Å²) in [6, 6.07) is 23.6. The molecule has 0 aliphatic carbocycles. The zero-order valence-corrected chi connectivity index (χ0v) is 16.6. The molecule has 30 heavy (non-hydrogen) atoms. The summed E-state index contributed by atoms with van der Waals surface area (Å²) in [7, 11) is 1.53. The van der Waals surface area contributed by atoms with Crippen LogP contribution in [0.4, 0.5) is 0 Å². The number of benzene rings is 3. The molecule has 0 heterocycles. The van der Waals surface area contributed by atoms with Gasteiger partial charge in [0, 0.05) is 7.11 Å². The Morgan fingerprint density at radius 3 is 2.03 bits per heavy atom. The van der Waals surface area contributed by atoms with Crippen molar-refractivity contribution in [2.45, 2.75) is 0 Å². The van der Waals surface area contributed by atoms with Crippen molar-refractivity contribution in [3.05, 3.63) is 84.4 Å². The van der Waals surface area contributed by atoms with E-state index in [-0.39, 0.29) is 13.2 Å². The third kappa shape index (κ3) is 6.18. The summed E-state index contributed by atoms with van der Waals surface area (Å²) in [5.41, 5.74) is 2.53. The third-order valence-electron chi connectivity index (χ3n) is 4.16. The molecule has 154 valence electrons. The lowest BCUT2D eigenvalue weighted by Gasteiger charge is -2.08. The first kappa shape index (κ1) is 21.1. The van der Waals surface area contributed by atoms with Crippen molar-refractivity contribution in [1.29, 1.82) is 0 Å². The van der Waals surface area contributed by atoms with E-state index >= 15 is 0 Å². The Morgan fingerprint density at radius 2 is 1.37 bits per heavy atom. The predicted molar refractivity (Wildman–Crippen MR) is 112 cm³/mol. The van der Waals surface area contributed by atoms with E-state index in [1.807, 2.05) is 42.5 Å². The van der Waals surface area contributed by atoms with E-state index in [9.17, 15) is 9.59 Å². The maximum Gasteiger partial charge on any atom is 0.349 e. The fourth-order valence-corrected chi connectivity index (χ4v) is 2.64. The van der Waals surface area contributed by atoms with E-state index in [1.54, 1.807) is 12.1 Å². The van der Waals surface area contributed by atoms with Crippen LogP contribution in [0.1, 0.15) is 10.4 Å². The molecule has 0 bridgehead atoms. The van der Waals surface area contributed by atoms with Crippen LogP contribution < -0.4 is 9.47 Å². The van der Waals surface area contributed by atoms with Gasteiger partial charge in [-0.15, -0.1) is 0 Å². The fraction of sp³-hybridized carbons (Fsp3) is 0.167. The summed E-state index contributed by atoms with van der Waals surface area (Å²) in [4.78, 5) is 23.8. The van der Waals surface area contributed by atoms with Crippen molar-refractivity contribution in [3.8, 4) is 22.6 Å². The SMILES string of the molecule is COCCOC(=O)c1ccc(OC(=O)COc2ccc(-c3ccccc3)cc2)cc1. The molecule has 3 aromatic rings. The highest BCUT2D eigenvalue weighted by Crippen LogP contribution is 2.22. The summed E-state index contributed by atoms with van der Waals surface area (Å²) >= 11 is 0. The van der Waals surface area contributed by atoms with Crippen molar-refractivity contribution < 1.29 is 28.5 Å². The first-order valence-electron chi connectivity index (χ1n) is 9.41. The standard InChI is InChI=1S/C24H22O6/c1-27-15-16-28-24(26)20-9-13-22(14-10-20)30-23(25)17-29-21-11-7-19(8-12-21)18-5-3-2-4-6-18/h2-14H,15-17H2,1H3. The van der Waals surface area contributed by atoms with Crippen molar-refractivity contribution in [2.75, 3.05) is 26.9 Å². The molecule has 0 aromatic heterocycles. The topological polar surface area (TPSA) is 71.1 Å². The molecule has 0 fully saturated rings. The predicted octanol–water partition coefficient (Wildman–Crippen LogP) is 4.14. The molecular formula is C24H22O6. The Bertz CT molecular complexity index is 949. The Balaban J connectivity index is 1.47. The second-order valence-corrected chi connectivity index (χ2v) is 6.31. The van der Waals surface area contributed by atoms with Crippen molar-refractivity contribution in [2.24, 2.45) is 0 Å². The first-order valence-corrected chi connectivity index (χ1v) is 9.41. The molecule has 0 N–H and O–H groups in total. The van der Waals surface area contributed by atoms with E-state index in [0.717, 1.165) is 11.1 Å². The minimum atomic E-state index is -0.544. The average Bonchev–Trinajstić information content (AvgIpc) is 2.79. The van der Waals surface area contributed by atoms with Gasteiger partial charge in [-0.05, 0) is 47.5 Å². The van der Waals surface area contributed by atoms with Crippen LogP contribution in [0.15, 0.2) is 78.9 Å². The van der Waals surface area contributed by atoms with Gasteiger partial charge in [0.25, 0.3) is 0 Å². The second-order valence-electron chi connectivity index (χ2n) is 6.31. The van der Waals surface area contributed by atoms with Crippen LogP contribution in [0.2, 0.25) is 0 Å². The van der Waals surface area contributed by atoms with Gasteiger partial charge in [-0.25, -0.2) is 9.59 Å². The zero-order chi connectivity index (χ0) is 21.2. The molecular weight excluding hydrogens is 384 g/mol. The number of hydrogen-bond donors (Lipinski definition) is 0. The van der Waals surface area contributed by atoms with Crippen LogP contribution in [-0.4, -0.2) is 38.9 Å². The number of hydrogen-bond acceptors (Lipinski definition) is 6. The molecule has 3 rings (SSSR count). The van der Waals surface area contributed by atoms with Crippen molar-refractivity contribution in [3.63, 3.8) is 0 Å². The fourth-order valence-electron chi connectivity index (χ4n) is 2.64. The second kappa shape index (κ2) is 10.8. The quantitative estimate of drug-likeness (QED) is 0.302. The third-order valence-corrected chi connectivity index (χ3v) is 4.16. The van der Waals surface area contributed by atoms with E-state index in [1.165, 1.54) is 31.4 Å². The maximum absolute atomic E-state index is 12.0. The molecule has 0 amide bonds. The average molecular weight is 406 g/mol. The summed E-state index contributed by atoms with van der Waals surface area (Å²) in [5, 5.41) is 0. The molecule has 3 aromatic carbocycles. The molecule has 0 saturated heterocycles. The summed E-state index contributed by atoms with van der Waals surface area (Å²) in [6.45, 7) is 0.275. The number of methoxy groups -OCH3 is 1. The lowest BCUT2D eigenvalue weighted by molar-refractivity contribution is -0.136. The highest BCUT2D eigenvalue weighted by molar-refractivity contribution is 5.89. The summed E-state index contributed by atoms with van der Waals surface area (Å²) < 4.78 is 20.6. The van der Waals surface area contributed by atoms with Gasteiger partial charge in [0.2, 0.25) is 0 Å². The molecule has 0 aliphatic heterocycles. The smallest absolute Gasteiger partial charge is 0.349 e. The maximum atomic E-state index is 12.0. The van der Waals surface area contributed by atoms with Crippen molar-refractivity contribution in [1.82, 2.24) is 0 Å². The van der Waals surface area contributed by atoms with Crippen LogP contribution in [0.25, 0.3) is 11.1 Å². The first-order chi connectivity index (χ1) is 14.7. The molecule has 0 spiro atoms. The minimum absolute atomic E-state index is 0.176. The van der Waals surface area contributed by atoms with Crippen molar-refractivity contribution >= 4 is 11.9 Å². The number of carbonyl (C=O) groups is 2. The Hall–Kier alpha value is -3.64. The van der Waals surface area contributed by atoms with Gasteiger partial charge in [0.05, 0.1) is 12.2 Å². The highest BCUT2D eigenvalue weighted by atomic mass is 16.6. The Labute approximate surface area is 175 Å². The number of carbonyl (C=O) groups excluding carboxylic acids is 2. The van der Waals surface area contributed by atoms with Crippen LogP contribution in [-0.2, 0) is 14.3 Å². The highest BCUT2D eigenvalue weighted by Gasteiger charge is 2.10. The van der Waals surface area contributed by atoms with Gasteiger partial charge in [-0.2, -0.15) is 0 Å². The van der Waals surface area contributed by atoms with Gasteiger partial charge in [0.1, 0.15) is 18.1 Å². The van der Waals surface area contributed by atoms with Gasteiger partial charge in [-0.1, -0.05) is 42.5 Å². The molecule has 6 heteroatoms. The Kier molecular flexibility index (Phi) is 7.58. The largest absolute Gasteiger partial charge is 0.482 e. The van der Waals surface area contributed by atoms with E-state index < -0.39 is 11.9 Å². The lowest BCUT2D eigenvalue weighted by Crippen LogP contribution is -2.17. The monoisotopic (exact) mass is 406 g/mol. The molecule has 0 atom stereocenters. The van der Waals surface area contributed by atoms with Crippen LogP contribution in [0.3, 0.4) is 0 Å². The van der Waals surface area contributed by atoms with Gasteiger partial charge in [0.15, 0.2) is 6.61 Å². The van der Waals surface area contributed by atoms with E-state index in [2.05, 4.69) is 0 Å². The number of rotatable bonds is 9. The zero-order valence-electron chi connectivity index (χ0n) is 16.6. The van der Waals surface area contributed by atoms with Gasteiger partial charge < -0.3 is 18.9 Å². The van der Waals surface area contributed by atoms with Gasteiger partial charge >= 0.3 is 11.9 Å². The lowest BCUT2D eigenvalue weighted by atomic mass is 10.1. The van der Waals surface area contributed by atoms with Crippen LogP contribution >= 0.6 is 0 Å². The van der Waals surface area contributed by atoms with Crippen LogP contribution in [0, 0.1) is 0 Å². The normalized spacial score (nSPS) is 10.3. The minimum Gasteiger partial charge on any atom is -0.482 e. The number of ether oxygens (including phenoxy) is 4. The van der Waals surface area contributed by atoms with Crippen LogP contribution in [0.5, 0.6) is 11.5 Å². The molecule has 6 nitrogen and oxygen atoms in total. The molecule has 0 aliphatic rings. The Morgan fingerprint density at radius 1 is 0.733 bits per heavy atom. The van der Waals surface area contributed by atoms with E-state index in [4.69, 9.17) is 18.9 Å². The summed E-state index contributed by atoms with van der Waals surface area (Å²) in [6.07, 6.45) is 0. The molecule has 0 unspecified atom stereocenters. The number of esters is 2. The van der Waals surface area contributed by atoms with Gasteiger partial charge in [-0.3, -0.25) is 0 Å².